The van der Waals surface area contributed by atoms with E-state index in [1.807, 2.05) is 48.5 Å². The number of nitrogens with one attached hydrogen (secondary N) is 1. The van der Waals surface area contributed by atoms with Gasteiger partial charge in [0.2, 0.25) is 11.8 Å². The number of ether oxygens (including phenoxy) is 2. The van der Waals surface area contributed by atoms with E-state index < -0.39 is 9.84 Å². The van der Waals surface area contributed by atoms with Crippen LogP contribution in [0.15, 0.2) is 54.6 Å². The molecule has 0 unspecified atom stereocenters. The van der Waals surface area contributed by atoms with E-state index in [1.54, 1.807) is 13.2 Å². The minimum absolute atomic E-state index is 0.181. The van der Waals surface area contributed by atoms with Crippen LogP contribution in [-0.2, 0) is 29.3 Å². The van der Waals surface area contributed by atoms with E-state index in [0.717, 1.165) is 16.9 Å². The molecule has 0 bridgehead atoms. The normalized spacial score (nSPS) is 11.2. The average molecular weight is 457 g/mol. The van der Waals surface area contributed by atoms with Crippen LogP contribution in [0, 0.1) is 0 Å². The van der Waals surface area contributed by atoms with E-state index in [9.17, 15) is 8.42 Å². The molecule has 8 nitrogen and oxygen atoms in total. The van der Waals surface area contributed by atoms with E-state index in [4.69, 9.17) is 15.2 Å². The zero-order valence-electron chi connectivity index (χ0n) is 18.2. The number of nitrogens with zero attached hydrogens (tertiary/aromatic N) is 2. The Morgan fingerprint density at radius 3 is 2.25 bits per heavy atom. The maximum atomic E-state index is 11.3. The van der Waals surface area contributed by atoms with Crippen molar-refractivity contribution in [2.24, 2.45) is 5.73 Å². The van der Waals surface area contributed by atoms with Gasteiger partial charge in [-0.25, -0.2) is 13.4 Å². The summed E-state index contributed by atoms with van der Waals surface area (Å²) in [5.41, 5.74) is 8.55. The molecule has 32 heavy (non-hydrogen) atoms. The standard InChI is InChI=1S/C23H28N4O4S/c1-30-20-9-7-18(8-10-20)16-25-23-26-19(15-24)14-22(27-23)31-21-11-5-17(6-12-21)4-3-13-32(2,28)29/h5-12,14H,3-4,13,15-16,24H2,1-2H3,(H,25,26,27). The monoisotopic (exact) mass is 456 g/mol. The van der Waals surface area contributed by atoms with Crippen LogP contribution < -0.4 is 20.5 Å². The van der Waals surface area contributed by atoms with Crippen LogP contribution in [0.2, 0.25) is 0 Å². The largest absolute Gasteiger partial charge is 0.497 e. The third-order valence-electron chi connectivity index (χ3n) is 4.70. The molecule has 0 aliphatic carbocycles. The second-order valence-corrected chi connectivity index (χ2v) is 9.67. The molecule has 0 saturated carbocycles. The Kier molecular flexibility index (Phi) is 8.02. The summed E-state index contributed by atoms with van der Waals surface area (Å²) in [6.45, 7) is 0.801. The van der Waals surface area contributed by atoms with Gasteiger partial charge in [-0.3, -0.25) is 0 Å². The molecule has 0 fully saturated rings. The Morgan fingerprint density at radius 2 is 1.62 bits per heavy atom. The Hall–Kier alpha value is -3.17. The third kappa shape index (κ3) is 7.51. The second kappa shape index (κ2) is 10.9. The fourth-order valence-electron chi connectivity index (χ4n) is 3.02. The lowest BCUT2D eigenvalue weighted by molar-refractivity contribution is 0.414. The van der Waals surface area contributed by atoms with Gasteiger partial charge < -0.3 is 20.5 Å². The van der Waals surface area contributed by atoms with Gasteiger partial charge in [-0.2, -0.15) is 4.98 Å². The minimum Gasteiger partial charge on any atom is -0.497 e. The number of benzene rings is 2. The van der Waals surface area contributed by atoms with Crippen LogP contribution in [0.3, 0.4) is 0 Å². The lowest BCUT2D eigenvalue weighted by Crippen LogP contribution is -2.08. The van der Waals surface area contributed by atoms with Crippen molar-refractivity contribution in [3.8, 4) is 17.4 Å². The van der Waals surface area contributed by atoms with E-state index in [2.05, 4.69) is 15.3 Å². The van der Waals surface area contributed by atoms with Crippen molar-refractivity contribution in [1.29, 1.82) is 0 Å². The zero-order valence-corrected chi connectivity index (χ0v) is 19.1. The first-order valence-electron chi connectivity index (χ1n) is 10.2. The van der Waals surface area contributed by atoms with Crippen molar-refractivity contribution in [3.05, 3.63) is 71.4 Å². The van der Waals surface area contributed by atoms with Crippen LogP contribution in [-0.4, -0.2) is 37.5 Å². The Balaban J connectivity index is 1.63. The maximum absolute atomic E-state index is 11.3. The number of nitrogens with two attached hydrogens (primary N) is 1. The van der Waals surface area contributed by atoms with E-state index in [-0.39, 0.29) is 12.3 Å². The predicted molar refractivity (Wildman–Crippen MR) is 125 cm³/mol. The molecule has 0 aliphatic heterocycles. The van der Waals surface area contributed by atoms with Gasteiger partial charge in [0, 0.05) is 25.4 Å². The number of anilines is 1. The van der Waals surface area contributed by atoms with Crippen molar-refractivity contribution in [2.45, 2.75) is 25.9 Å². The molecule has 0 spiro atoms. The molecule has 0 saturated heterocycles. The van der Waals surface area contributed by atoms with Gasteiger partial charge in [0.05, 0.1) is 18.6 Å². The molecule has 1 heterocycles. The van der Waals surface area contributed by atoms with Crippen LogP contribution in [0.25, 0.3) is 0 Å². The summed E-state index contributed by atoms with van der Waals surface area (Å²) >= 11 is 0. The highest BCUT2D eigenvalue weighted by Gasteiger charge is 2.08. The van der Waals surface area contributed by atoms with Crippen molar-refractivity contribution >= 4 is 15.8 Å². The highest BCUT2D eigenvalue weighted by molar-refractivity contribution is 7.90. The predicted octanol–water partition coefficient (Wildman–Crippen LogP) is 3.33. The van der Waals surface area contributed by atoms with Crippen LogP contribution in [0.1, 0.15) is 23.2 Å². The van der Waals surface area contributed by atoms with Gasteiger partial charge in [-0.15, -0.1) is 0 Å². The number of sulfone groups is 1. The molecular weight excluding hydrogens is 428 g/mol. The minimum atomic E-state index is -2.94. The van der Waals surface area contributed by atoms with Crippen LogP contribution in [0.5, 0.6) is 17.4 Å². The highest BCUT2D eigenvalue weighted by atomic mass is 32.2. The molecule has 0 radical (unpaired) electrons. The molecule has 1 aromatic heterocycles. The molecule has 3 aromatic rings. The third-order valence-corrected chi connectivity index (χ3v) is 5.73. The molecule has 0 amide bonds. The quantitative estimate of drug-likeness (QED) is 0.451. The number of rotatable bonds is 11. The fourth-order valence-corrected chi connectivity index (χ4v) is 3.69. The van der Waals surface area contributed by atoms with Crippen molar-refractivity contribution < 1.29 is 17.9 Å². The summed E-state index contributed by atoms with van der Waals surface area (Å²) < 4.78 is 33.6. The lowest BCUT2D eigenvalue weighted by atomic mass is 10.1. The average Bonchev–Trinajstić information content (AvgIpc) is 2.78. The molecule has 2 aromatic carbocycles. The van der Waals surface area contributed by atoms with Crippen molar-refractivity contribution in [3.63, 3.8) is 0 Å². The van der Waals surface area contributed by atoms with E-state index in [1.165, 1.54) is 6.26 Å². The Bertz CT molecular complexity index is 1120. The van der Waals surface area contributed by atoms with Crippen molar-refractivity contribution in [1.82, 2.24) is 9.97 Å². The molecule has 0 atom stereocenters. The number of aryl methyl sites for hydroxylation is 1. The molecule has 3 N–H and O–H groups in total. The van der Waals surface area contributed by atoms with E-state index in [0.29, 0.717) is 42.7 Å². The van der Waals surface area contributed by atoms with E-state index >= 15 is 0 Å². The molecule has 3 rings (SSSR count). The highest BCUT2D eigenvalue weighted by Crippen LogP contribution is 2.22. The molecular formula is C23H28N4O4S. The Morgan fingerprint density at radius 1 is 0.969 bits per heavy atom. The van der Waals surface area contributed by atoms with Gasteiger partial charge in [-0.1, -0.05) is 24.3 Å². The van der Waals surface area contributed by atoms with Crippen LogP contribution in [0.4, 0.5) is 5.95 Å². The fraction of sp³-hybridized carbons (Fsp3) is 0.304. The Labute approximate surface area is 188 Å². The molecule has 0 aliphatic rings. The SMILES string of the molecule is COc1ccc(CNc2nc(CN)cc(Oc3ccc(CCCS(C)(=O)=O)cc3)n2)cc1. The lowest BCUT2D eigenvalue weighted by Gasteiger charge is -2.11. The first-order chi connectivity index (χ1) is 15.3. The first-order valence-corrected chi connectivity index (χ1v) is 12.3. The smallest absolute Gasteiger partial charge is 0.226 e. The number of methoxy groups -OCH3 is 1. The number of hydrogen-bond donors (Lipinski definition) is 2. The summed E-state index contributed by atoms with van der Waals surface area (Å²) in [7, 11) is -1.31. The summed E-state index contributed by atoms with van der Waals surface area (Å²) in [4.78, 5) is 8.84. The zero-order chi connectivity index (χ0) is 23.0. The van der Waals surface area contributed by atoms with Gasteiger partial charge in [0.25, 0.3) is 0 Å². The van der Waals surface area contributed by atoms with Crippen LogP contribution >= 0.6 is 0 Å². The summed E-state index contributed by atoms with van der Waals surface area (Å²) in [6, 6.07) is 17.0. The first kappa shape index (κ1) is 23.5. The maximum Gasteiger partial charge on any atom is 0.226 e. The molecule has 9 heteroatoms. The van der Waals surface area contributed by atoms with Crippen molar-refractivity contribution in [2.75, 3.05) is 24.4 Å². The summed E-state index contributed by atoms with van der Waals surface area (Å²) in [5, 5.41) is 3.20. The molecule has 170 valence electrons. The number of aromatic nitrogens is 2. The topological polar surface area (TPSA) is 116 Å². The van der Waals surface area contributed by atoms with Gasteiger partial charge in [-0.05, 0) is 48.2 Å². The summed E-state index contributed by atoms with van der Waals surface area (Å²) in [5.74, 6) is 2.42. The second-order valence-electron chi connectivity index (χ2n) is 7.41. The van der Waals surface area contributed by atoms with Gasteiger partial charge >= 0.3 is 0 Å². The van der Waals surface area contributed by atoms with Gasteiger partial charge in [0.1, 0.15) is 21.3 Å². The van der Waals surface area contributed by atoms with Gasteiger partial charge in [0.15, 0.2) is 0 Å². The number of hydrogen-bond acceptors (Lipinski definition) is 8. The summed E-state index contributed by atoms with van der Waals surface area (Å²) in [6.07, 6.45) is 2.53.